The van der Waals surface area contributed by atoms with Crippen LogP contribution in [-0.4, -0.2) is 0 Å². The molecule has 1 atom stereocenters. The lowest BCUT2D eigenvalue weighted by Gasteiger charge is -2.23. The normalized spacial score (nSPS) is 12.3. The molecule has 0 fully saturated rings. The Labute approximate surface area is 143 Å². The fourth-order valence-corrected chi connectivity index (χ4v) is 2.61. The van der Waals surface area contributed by atoms with E-state index in [9.17, 15) is 4.91 Å². The van der Waals surface area contributed by atoms with Crippen LogP contribution in [0.15, 0.2) is 47.6 Å². The van der Waals surface area contributed by atoms with Crippen LogP contribution in [0.3, 0.4) is 0 Å². The number of aryl methyl sites for hydroxylation is 1. The van der Waals surface area contributed by atoms with Gasteiger partial charge in [0.1, 0.15) is 12.4 Å². The second-order valence-electron chi connectivity index (χ2n) is 6.87. The van der Waals surface area contributed by atoms with Gasteiger partial charge in [0.25, 0.3) is 0 Å². The number of nitriles is 1. The molecule has 0 heterocycles. The smallest absolute Gasteiger partial charge is 0.203 e. The molecule has 24 heavy (non-hydrogen) atoms. The first-order chi connectivity index (χ1) is 11.4. The van der Waals surface area contributed by atoms with Crippen LogP contribution < -0.4 is 4.74 Å². The van der Waals surface area contributed by atoms with Crippen molar-refractivity contribution in [2.45, 2.75) is 45.8 Å². The summed E-state index contributed by atoms with van der Waals surface area (Å²) >= 11 is 0. The molecule has 0 aliphatic rings. The lowest BCUT2D eigenvalue weighted by molar-refractivity contribution is 0.296. The molecular weight excluding hydrogens is 300 g/mol. The van der Waals surface area contributed by atoms with E-state index in [0.29, 0.717) is 5.56 Å². The Hall–Kier alpha value is -2.67. The van der Waals surface area contributed by atoms with Gasteiger partial charge < -0.3 is 4.74 Å². The molecule has 2 aromatic rings. The van der Waals surface area contributed by atoms with Crippen LogP contribution in [0.5, 0.6) is 5.75 Å². The minimum Gasteiger partial charge on any atom is -0.489 e. The average molecular weight is 322 g/mol. The van der Waals surface area contributed by atoms with E-state index in [1.165, 1.54) is 0 Å². The molecule has 0 aliphatic carbocycles. The Morgan fingerprint density at radius 2 is 1.92 bits per heavy atom. The number of hydrogen-bond acceptors (Lipinski definition) is 4. The van der Waals surface area contributed by atoms with Crippen molar-refractivity contribution in [3.8, 4) is 11.8 Å². The van der Waals surface area contributed by atoms with Gasteiger partial charge in [-0.3, -0.25) is 0 Å². The van der Waals surface area contributed by atoms with Crippen LogP contribution in [0, 0.1) is 23.2 Å². The van der Waals surface area contributed by atoms with E-state index in [0.717, 1.165) is 22.4 Å². The molecule has 4 nitrogen and oxygen atoms in total. The molecule has 0 N–H and O–H groups in total. The third-order valence-electron chi connectivity index (χ3n) is 3.91. The molecule has 0 amide bonds. The van der Waals surface area contributed by atoms with Crippen LogP contribution >= 0.6 is 0 Å². The van der Waals surface area contributed by atoms with Crippen molar-refractivity contribution in [1.29, 1.82) is 5.26 Å². The first-order valence-corrected chi connectivity index (χ1v) is 7.90. The number of ether oxygens (including phenoxy) is 1. The fraction of sp³-hybridized carbons (Fsp3) is 0.350. The molecule has 0 bridgehead atoms. The second-order valence-corrected chi connectivity index (χ2v) is 6.87. The van der Waals surface area contributed by atoms with Crippen molar-refractivity contribution < 1.29 is 4.74 Å². The summed E-state index contributed by atoms with van der Waals surface area (Å²) in [5.74, 6) is 0.824. The summed E-state index contributed by atoms with van der Waals surface area (Å²) in [6.45, 7) is 8.73. The maximum absolute atomic E-state index is 10.9. The van der Waals surface area contributed by atoms with Crippen LogP contribution in [0.25, 0.3) is 0 Å². The quantitative estimate of drug-likeness (QED) is 0.710. The van der Waals surface area contributed by atoms with Gasteiger partial charge in [-0.15, -0.1) is 4.91 Å². The number of nitroso groups, excluding NO2 is 1. The van der Waals surface area contributed by atoms with Gasteiger partial charge in [-0.1, -0.05) is 57.2 Å². The average Bonchev–Trinajstić information content (AvgIpc) is 2.54. The zero-order chi connectivity index (χ0) is 17.7. The van der Waals surface area contributed by atoms with Crippen LogP contribution in [0.4, 0.5) is 0 Å². The standard InChI is InChI=1S/C20H22N2O2/c1-14-9-10-17(20(2,3)4)19(11-14)24-13-15-7-5-6-8-16(15)18(12-21)22-23/h5-11,18H,13H2,1-4H3. The van der Waals surface area contributed by atoms with Gasteiger partial charge in [0.15, 0.2) is 0 Å². The van der Waals surface area contributed by atoms with Gasteiger partial charge in [0.2, 0.25) is 6.04 Å². The molecular formula is C20H22N2O2. The number of hydrogen-bond donors (Lipinski definition) is 0. The zero-order valence-electron chi connectivity index (χ0n) is 14.5. The Bertz CT molecular complexity index is 770. The molecule has 0 spiro atoms. The zero-order valence-corrected chi connectivity index (χ0v) is 14.5. The third kappa shape index (κ3) is 3.99. The first kappa shape index (κ1) is 17.7. The highest BCUT2D eigenvalue weighted by Gasteiger charge is 2.20. The minimum absolute atomic E-state index is 0.0396. The summed E-state index contributed by atoms with van der Waals surface area (Å²) in [5, 5.41) is 12.0. The van der Waals surface area contributed by atoms with Crippen LogP contribution in [0.2, 0.25) is 0 Å². The summed E-state index contributed by atoms with van der Waals surface area (Å²) in [7, 11) is 0. The van der Waals surface area contributed by atoms with Crippen LogP contribution in [0.1, 0.15) is 49.1 Å². The SMILES string of the molecule is Cc1ccc(C(C)(C)C)c(OCc2ccccc2C(C#N)N=O)c1. The highest BCUT2D eigenvalue weighted by atomic mass is 16.5. The maximum Gasteiger partial charge on any atom is 0.203 e. The van der Waals surface area contributed by atoms with Crippen LogP contribution in [-0.2, 0) is 12.0 Å². The number of rotatable bonds is 5. The Kier molecular flexibility index (Phi) is 5.35. The highest BCUT2D eigenvalue weighted by molar-refractivity contribution is 5.42. The molecule has 124 valence electrons. The van der Waals surface area contributed by atoms with Crippen molar-refractivity contribution in [3.63, 3.8) is 0 Å². The number of benzene rings is 2. The third-order valence-corrected chi connectivity index (χ3v) is 3.91. The lowest BCUT2D eigenvalue weighted by atomic mass is 9.86. The van der Waals surface area contributed by atoms with E-state index in [1.807, 2.05) is 31.2 Å². The van der Waals surface area contributed by atoms with E-state index in [1.54, 1.807) is 12.1 Å². The van der Waals surface area contributed by atoms with Gasteiger partial charge in [0, 0.05) is 5.56 Å². The van der Waals surface area contributed by atoms with Crippen molar-refractivity contribution >= 4 is 0 Å². The number of nitrogens with zero attached hydrogens (tertiary/aromatic N) is 2. The van der Waals surface area contributed by atoms with Crippen molar-refractivity contribution in [1.82, 2.24) is 0 Å². The van der Waals surface area contributed by atoms with Gasteiger partial charge in [-0.2, -0.15) is 5.26 Å². The minimum atomic E-state index is -1.01. The summed E-state index contributed by atoms with van der Waals surface area (Å²) in [5.41, 5.74) is 3.60. The summed E-state index contributed by atoms with van der Waals surface area (Å²) in [4.78, 5) is 10.9. The van der Waals surface area contributed by atoms with E-state index in [-0.39, 0.29) is 12.0 Å². The Balaban J connectivity index is 2.32. The van der Waals surface area contributed by atoms with Crippen molar-refractivity contribution in [3.05, 3.63) is 69.6 Å². The monoisotopic (exact) mass is 322 g/mol. The second kappa shape index (κ2) is 7.27. The summed E-state index contributed by atoms with van der Waals surface area (Å²) < 4.78 is 6.06. The fourth-order valence-electron chi connectivity index (χ4n) is 2.61. The molecule has 1 unspecified atom stereocenters. The molecule has 0 radical (unpaired) electrons. The topological polar surface area (TPSA) is 62.4 Å². The van der Waals surface area contributed by atoms with Gasteiger partial charge in [0.05, 0.1) is 6.07 Å². The Morgan fingerprint density at radius 1 is 1.21 bits per heavy atom. The molecule has 0 saturated heterocycles. The predicted octanol–water partition coefficient (Wildman–Crippen LogP) is 5.20. The lowest BCUT2D eigenvalue weighted by Crippen LogP contribution is -2.14. The summed E-state index contributed by atoms with van der Waals surface area (Å²) in [6, 6.07) is 14.3. The summed E-state index contributed by atoms with van der Waals surface area (Å²) in [6.07, 6.45) is 0. The van der Waals surface area contributed by atoms with Gasteiger partial charge >= 0.3 is 0 Å². The van der Waals surface area contributed by atoms with Crippen molar-refractivity contribution in [2.24, 2.45) is 5.18 Å². The van der Waals surface area contributed by atoms with E-state index < -0.39 is 6.04 Å². The Morgan fingerprint density at radius 3 is 2.54 bits per heavy atom. The first-order valence-electron chi connectivity index (χ1n) is 7.90. The molecule has 0 aliphatic heterocycles. The predicted molar refractivity (Wildman–Crippen MR) is 94.8 cm³/mol. The van der Waals surface area contributed by atoms with E-state index in [2.05, 4.69) is 38.1 Å². The van der Waals surface area contributed by atoms with Gasteiger partial charge in [-0.05, 0) is 40.3 Å². The maximum atomic E-state index is 10.9. The largest absolute Gasteiger partial charge is 0.489 e. The molecule has 4 heteroatoms. The highest BCUT2D eigenvalue weighted by Crippen LogP contribution is 2.33. The molecule has 2 aromatic carbocycles. The van der Waals surface area contributed by atoms with E-state index in [4.69, 9.17) is 10.00 Å². The molecule has 0 aromatic heterocycles. The van der Waals surface area contributed by atoms with Gasteiger partial charge in [-0.25, -0.2) is 0 Å². The molecule has 2 rings (SSSR count). The molecule has 0 saturated carbocycles. The van der Waals surface area contributed by atoms with Crippen molar-refractivity contribution in [2.75, 3.05) is 0 Å². The van der Waals surface area contributed by atoms with E-state index >= 15 is 0 Å².